The molecular weight excluding hydrogens is 346 g/mol. The molecule has 2 aromatic rings. The molecule has 2 N–H and O–H groups in total. The number of fused-ring (bicyclic) bond motifs is 1. The average Bonchev–Trinajstić information content (AvgIpc) is 2.71. The van der Waals surface area contributed by atoms with Gasteiger partial charge in [0.1, 0.15) is 13.2 Å². The lowest BCUT2D eigenvalue weighted by Crippen LogP contribution is -2.51. The van der Waals surface area contributed by atoms with Gasteiger partial charge in [-0.25, -0.2) is 10.7 Å². The largest absolute Gasteiger partial charge is 0.445 e. The van der Waals surface area contributed by atoms with Crippen LogP contribution in [0.5, 0.6) is 0 Å². The van der Waals surface area contributed by atoms with Crippen LogP contribution in [0.2, 0.25) is 0 Å². The number of carbonyl (C=O) groups excluding carboxylic acids is 2. The molecule has 0 aliphatic carbocycles. The highest BCUT2D eigenvalue weighted by Crippen LogP contribution is 2.29. The Morgan fingerprint density at radius 3 is 2.59 bits per heavy atom. The zero-order valence-corrected chi connectivity index (χ0v) is 15.2. The molecule has 1 atom stereocenters. The summed E-state index contributed by atoms with van der Waals surface area (Å²) in [5.74, 6) is 4.81. The highest BCUT2D eigenvalue weighted by Gasteiger charge is 2.32. The van der Waals surface area contributed by atoms with Gasteiger partial charge in [0.25, 0.3) is 5.91 Å². The predicted molar refractivity (Wildman–Crippen MR) is 101 cm³/mol. The monoisotopic (exact) mass is 369 g/mol. The fourth-order valence-corrected chi connectivity index (χ4v) is 3.19. The van der Waals surface area contributed by atoms with Gasteiger partial charge in [-0.15, -0.1) is 0 Å². The summed E-state index contributed by atoms with van der Waals surface area (Å²) in [6.45, 7) is 0.344. The summed E-state index contributed by atoms with van der Waals surface area (Å²) in [4.78, 5) is 32.5. The normalized spacial score (nSPS) is 15.8. The van der Waals surface area contributed by atoms with Crippen molar-refractivity contribution in [3.05, 3.63) is 65.7 Å². The SMILES string of the molecule is CN(C(=O)OCc1ccccc1)[C@@H]1Cc2ccccc2N(C(=O)CON)C1. The van der Waals surface area contributed by atoms with E-state index in [2.05, 4.69) is 4.84 Å². The second-order valence-corrected chi connectivity index (χ2v) is 6.45. The van der Waals surface area contributed by atoms with E-state index in [0.717, 1.165) is 16.8 Å². The molecule has 0 bridgehead atoms. The number of nitrogens with zero attached hydrogens (tertiary/aromatic N) is 2. The first-order chi connectivity index (χ1) is 13.1. The van der Waals surface area contributed by atoms with Gasteiger partial charge in [-0.1, -0.05) is 48.5 Å². The summed E-state index contributed by atoms with van der Waals surface area (Å²) >= 11 is 0. The van der Waals surface area contributed by atoms with Gasteiger partial charge in [-0.3, -0.25) is 9.63 Å². The highest BCUT2D eigenvalue weighted by atomic mass is 16.6. The fourth-order valence-electron chi connectivity index (χ4n) is 3.19. The van der Waals surface area contributed by atoms with Crippen LogP contribution < -0.4 is 10.8 Å². The van der Waals surface area contributed by atoms with Gasteiger partial charge in [0, 0.05) is 19.3 Å². The van der Waals surface area contributed by atoms with E-state index < -0.39 is 6.09 Å². The molecule has 2 amide bonds. The first-order valence-electron chi connectivity index (χ1n) is 8.73. The Bertz CT molecular complexity index is 797. The lowest BCUT2D eigenvalue weighted by Gasteiger charge is -2.38. The van der Waals surface area contributed by atoms with Gasteiger partial charge in [0.2, 0.25) is 0 Å². The van der Waals surface area contributed by atoms with E-state index in [1.165, 1.54) is 0 Å². The number of hydrogen-bond donors (Lipinski definition) is 1. The Morgan fingerprint density at radius 1 is 1.15 bits per heavy atom. The molecule has 0 fully saturated rings. The summed E-state index contributed by atoms with van der Waals surface area (Å²) in [5, 5.41) is 0. The van der Waals surface area contributed by atoms with Crippen molar-refractivity contribution in [3.63, 3.8) is 0 Å². The van der Waals surface area contributed by atoms with Crippen LogP contribution in [0.3, 0.4) is 0 Å². The quantitative estimate of drug-likeness (QED) is 0.816. The van der Waals surface area contributed by atoms with Crippen molar-refractivity contribution < 1.29 is 19.2 Å². The minimum absolute atomic E-state index is 0.204. The van der Waals surface area contributed by atoms with Crippen LogP contribution in [0.25, 0.3) is 0 Å². The molecule has 0 unspecified atom stereocenters. The van der Waals surface area contributed by atoms with Crippen LogP contribution in [0, 0.1) is 0 Å². The number of rotatable bonds is 5. The van der Waals surface area contributed by atoms with Gasteiger partial charge >= 0.3 is 6.09 Å². The van der Waals surface area contributed by atoms with Crippen molar-refractivity contribution in [1.82, 2.24) is 4.90 Å². The lowest BCUT2D eigenvalue weighted by atomic mass is 9.97. The summed E-state index contributed by atoms with van der Waals surface area (Å²) < 4.78 is 5.41. The molecule has 142 valence electrons. The third kappa shape index (κ3) is 4.45. The van der Waals surface area contributed by atoms with E-state index in [1.807, 2.05) is 54.6 Å². The number of amides is 2. The van der Waals surface area contributed by atoms with Crippen LogP contribution in [0.4, 0.5) is 10.5 Å². The van der Waals surface area contributed by atoms with Gasteiger partial charge < -0.3 is 14.5 Å². The van der Waals surface area contributed by atoms with E-state index in [-0.39, 0.29) is 25.2 Å². The van der Waals surface area contributed by atoms with E-state index >= 15 is 0 Å². The number of anilines is 1. The topological polar surface area (TPSA) is 85.1 Å². The third-order valence-electron chi connectivity index (χ3n) is 4.68. The Morgan fingerprint density at radius 2 is 1.85 bits per heavy atom. The van der Waals surface area contributed by atoms with Crippen LogP contribution >= 0.6 is 0 Å². The van der Waals surface area contributed by atoms with Crippen molar-refractivity contribution in [1.29, 1.82) is 0 Å². The number of nitrogens with two attached hydrogens (primary N) is 1. The Hall–Kier alpha value is -2.90. The minimum atomic E-state index is -0.425. The molecule has 0 aromatic heterocycles. The van der Waals surface area contributed by atoms with Crippen LogP contribution in [-0.4, -0.2) is 43.1 Å². The van der Waals surface area contributed by atoms with Crippen molar-refractivity contribution >= 4 is 17.7 Å². The van der Waals surface area contributed by atoms with E-state index in [0.29, 0.717) is 13.0 Å². The molecule has 0 radical (unpaired) electrons. The summed E-state index contributed by atoms with van der Waals surface area (Å²) in [7, 11) is 1.69. The molecule has 0 saturated carbocycles. The first-order valence-corrected chi connectivity index (χ1v) is 8.73. The number of benzene rings is 2. The molecule has 3 rings (SSSR count). The second kappa shape index (κ2) is 8.66. The van der Waals surface area contributed by atoms with Crippen molar-refractivity contribution in [3.8, 4) is 0 Å². The van der Waals surface area contributed by atoms with Crippen LogP contribution in [-0.2, 0) is 27.4 Å². The first kappa shape index (κ1) is 18.9. The maximum atomic E-state index is 12.5. The molecule has 0 spiro atoms. The molecule has 0 saturated heterocycles. The number of hydrogen-bond acceptors (Lipinski definition) is 5. The van der Waals surface area contributed by atoms with Crippen molar-refractivity contribution in [2.24, 2.45) is 5.90 Å². The molecule has 1 aliphatic rings. The zero-order chi connectivity index (χ0) is 19.2. The van der Waals surface area contributed by atoms with E-state index in [1.54, 1.807) is 16.8 Å². The molecule has 7 nitrogen and oxygen atoms in total. The van der Waals surface area contributed by atoms with Gasteiger partial charge in [0.05, 0.1) is 6.04 Å². The smallest absolute Gasteiger partial charge is 0.410 e. The van der Waals surface area contributed by atoms with E-state index in [9.17, 15) is 9.59 Å². The molecule has 27 heavy (non-hydrogen) atoms. The second-order valence-electron chi connectivity index (χ2n) is 6.45. The maximum absolute atomic E-state index is 12.5. The number of likely N-dealkylation sites (N-methyl/N-ethyl adjacent to an activating group) is 1. The average molecular weight is 369 g/mol. The Balaban J connectivity index is 1.70. The lowest BCUT2D eigenvalue weighted by molar-refractivity contribution is -0.123. The summed E-state index contributed by atoms with van der Waals surface area (Å²) in [5.41, 5.74) is 2.73. The summed E-state index contributed by atoms with van der Waals surface area (Å²) in [6.07, 6.45) is 0.214. The molecule has 2 aromatic carbocycles. The minimum Gasteiger partial charge on any atom is -0.445 e. The van der Waals surface area contributed by atoms with Gasteiger partial charge in [0.15, 0.2) is 0 Å². The molecule has 7 heteroatoms. The molecule has 1 heterocycles. The number of carbonyl (C=O) groups is 2. The number of para-hydroxylation sites is 1. The zero-order valence-electron chi connectivity index (χ0n) is 15.2. The fraction of sp³-hybridized carbons (Fsp3) is 0.300. The Labute approximate surface area is 158 Å². The van der Waals surface area contributed by atoms with E-state index in [4.69, 9.17) is 10.6 Å². The van der Waals surface area contributed by atoms with Crippen molar-refractivity contribution in [2.45, 2.75) is 19.1 Å². The third-order valence-corrected chi connectivity index (χ3v) is 4.68. The van der Waals surface area contributed by atoms with Crippen LogP contribution in [0.1, 0.15) is 11.1 Å². The van der Waals surface area contributed by atoms with Crippen molar-refractivity contribution in [2.75, 3.05) is 25.1 Å². The summed E-state index contributed by atoms with van der Waals surface area (Å²) in [6, 6.07) is 16.9. The highest BCUT2D eigenvalue weighted by molar-refractivity contribution is 5.95. The Kier molecular flexibility index (Phi) is 6.05. The maximum Gasteiger partial charge on any atom is 0.410 e. The molecule has 1 aliphatic heterocycles. The van der Waals surface area contributed by atoms with Crippen LogP contribution in [0.15, 0.2) is 54.6 Å². The van der Waals surface area contributed by atoms with Gasteiger partial charge in [-0.2, -0.15) is 0 Å². The van der Waals surface area contributed by atoms with Gasteiger partial charge in [-0.05, 0) is 23.6 Å². The standard InChI is InChI=1S/C20H23N3O4/c1-22(20(25)26-13-15-7-3-2-4-8-15)17-11-16-9-5-6-10-18(16)23(12-17)19(24)14-27-21/h2-10,17H,11-14,21H2,1H3/t17-/m1/s1. The molecular formula is C20H23N3O4. The number of ether oxygens (including phenoxy) is 1. The predicted octanol–water partition coefficient (Wildman–Crippen LogP) is 2.10.